The second kappa shape index (κ2) is 5.51. The number of rotatable bonds is 2. The SMILES string of the molecule is Cc1cc(O)ccc1C(=O)Nc1ccc(Cl)cc1Cl. The summed E-state index contributed by atoms with van der Waals surface area (Å²) >= 11 is 11.8. The van der Waals surface area contributed by atoms with E-state index in [9.17, 15) is 9.90 Å². The zero-order valence-electron chi connectivity index (χ0n) is 10.1. The van der Waals surface area contributed by atoms with Crippen LogP contribution < -0.4 is 5.32 Å². The summed E-state index contributed by atoms with van der Waals surface area (Å²) in [4.78, 5) is 12.1. The number of carbonyl (C=O) groups is 1. The van der Waals surface area contributed by atoms with Crippen molar-refractivity contribution < 1.29 is 9.90 Å². The lowest BCUT2D eigenvalue weighted by molar-refractivity contribution is 0.102. The highest BCUT2D eigenvalue weighted by Crippen LogP contribution is 2.26. The number of benzene rings is 2. The monoisotopic (exact) mass is 295 g/mol. The van der Waals surface area contributed by atoms with E-state index < -0.39 is 0 Å². The molecule has 0 aromatic heterocycles. The van der Waals surface area contributed by atoms with Crippen LogP contribution in [0.1, 0.15) is 15.9 Å². The Morgan fingerprint density at radius 3 is 2.53 bits per heavy atom. The lowest BCUT2D eigenvalue weighted by Crippen LogP contribution is -2.13. The van der Waals surface area contributed by atoms with Crippen molar-refractivity contribution in [2.24, 2.45) is 0 Å². The van der Waals surface area contributed by atoms with Crippen LogP contribution in [0.3, 0.4) is 0 Å². The highest BCUT2D eigenvalue weighted by atomic mass is 35.5. The minimum absolute atomic E-state index is 0.124. The van der Waals surface area contributed by atoms with E-state index in [2.05, 4.69) is 5.32 Å². The summed E-state index contributed by atoms with van der Waals surface area (Å²) in [6.07, 6.45) is 0. The van der Waals surface area contributed by atoms with Crippen LogP contribution in [0.2, 0.25) is 10.0 Å². The first-order valence-electron chi connectivity index (χ1n) is 5.53. The zero-order valence-corrected chi connectivity index (χ0v) is 11.6. The molecule has 2 aromatic rings. The van der Waals surface area contributed by atoms with Gasteiger partial charge in [-0.1, -0.05) is 23.2 Å². The van der Waals surface area contributed by atoms with Gasteiger partial charge in [-0.05, 0) is 48.9 Å². The van der Waals surface area contributed by atoms with Crippen molar-refractivity contribution in [1.82, 2.24) is 0 Å². The van der Waals surface area contributed by atoms with Gasteiger partial charge in [0.15, 0.2) is 0 Å². The molecule has 98 valence electrons. The Balaban J connectivity index is 2.25. The number of aryl methyl sites for hydroxylation is 1. The number of hydrogen-bond donors (Lipinski definition) is 2. The van der Waals surface area contributed by atoms with Crippen molar-refractivity contribution in [3.8, 4) is 5.75 Å². The highest BCUT2D eigenvalue weighted by molar-refractivity contribution is 6.36. The van der Waals surface area contributed by atoms with Crippen molar-refractivity contribution in [3.63, 3.8) is 0 Å². The molecule has 0 aliphatic heterocycles. The van der Waals surface area contributed by atoms with Gasteiger partial charge in [0, 0.05) is 10.6 Å². The van der Waals surface area contributed by atoms with Gasteiger partial charge in [0.2, 0.25) is 0 Å². The summed E-state index contributed by atoms with van der Waals surface area (Å²) < 4.78 is 0. The molecule has 0 aliphatic carbocycles. The lowest BCUT2D eigenvalue weighted by Gasteiger charge is -2.09. The molecule has 0 aliphatic rings. The third-order valence-electron chi connectivity index (χ3n) is 2.63. The summed E-state index contributed by atoms with van der Waals surface area (Å²) in [6.45, 7) is 1.75. The first-order chi connectivity index (χ1) is 8.97. The molecule has 0 atom stereocenters. The number of nitrogens with one attached hydrogen (secondary N) is 1. The summed E-state index contributed by atoms with van der Waals surface area (Å²) in [5.41, 5.74) is 1.65. The summed E-state index contributed by atoms with van der Waals surface area (Å²) in [5.74, 6) is -0.166. The molecule has 5 heteroatoms. The van der Waals surface area contributed by atoms with Gasteiger partial charge < -0.3 is 10.4 Å². The maximum absolute atomic E-state index is 12.1. The zero-order chi connectivity index (χ0) is 14.0. The van der Waals surface area contributed by atoms with Crippen molar-refractivity contribution in [2.75, 3.05) is 5.32 Å². The molecular formula is C14H11Cl2NO2. The van der Waals surface area contributed by atoms with Gasteiger partial charge in [0.1, 0.15) is 5.75 Å². The average molecular weight is 296 g/mol. The molecule has 0 saturated carbocycles. The van der Waals surface area contributed by atoms with Crippen molar-refractivity contribution in [3.05, 3.63) is 57.6 Å². The highest BCUT2D eigenvalue weighted by Gasteiger charge is 2.11. The van der Waals surface area contributed by atoms with E-state index in [1.165, 1.54) is 12.1 Å². The van der Waals surface area contributed by atoms with Crippen LogP contribution in [0.4, 0.5) is 5.69 Å². The second-order valence-corrected chi connectivity index (χ2v) is 4.92. The van der Waals surface area contributed by atoms with Crippen molar-refractivity contribution in [2.45, 2.75) is 6.92 Å². The molecule has 0 bridgehead atoms. The number of phenolic OH excluding ortho intramolecular Hbond substituents is 1. The Labute approximate surface area is 120 Å². The third kappa shape index (κ3) is 3.19. The van der Waals surface area contributed by atoms with Crippen LogP contribution >= 0.6 is 23.2 Å². The molecule has 0 spiro atoms. The van der Waals surface area contributed by atoms with E-state index in [1.807, 2.05) is 0 Å². The molecule has 1 amide bonds. The standard InChI is InChI=1S/C14H11Cl2NO2/c1-8-6-10(18)3-4-11(8)14(19)17-13-5-2-9(15)7-12(13)16/h2-7,18H,1H3,(H,17,19). The van der Waals surface area contributed by atoms with Gasteiger partial charge in [0.25, 0.3) is 5.91 Å². The number of halogens is 2. The molecule has 0 saturated heterocycles. The normalized spacial score (nSPS) is 10.3. The molecule has 19 heavy (non-hydrogen) atoms. The smallest absolute Gasteiger partial charge is 0.255 e. The van der Waals surface area contributed by atoms with E-state index in [-0.39, 0.29) is 11.7 Å². The van der Waals surface area contributed by atoms with Gasteiger partial charge in [-0.15, -0.1) is 0 Å². The molecule has 0 fully saturated rings. The molecular weight excluding hydrogens is 285 g/mol. The average Bonchev–Trinajstić information content (AvgIpc) is 2.32. The Morgan fingerprint density at radius 1 is 1.16 bits per heavy atom. The molecule has 0 unspecified atom stereocenters. The van der Waals surface area contributed by atoms with Crippen LogP contribution in [-0.4, -0.2) is 11.0 Å². The topological polar surface area (TPSA) is 49.3 Å². The predicted molar refractivity (Wildman–Crippen MR) is 77.3 cm³/mol. The second-order valence-electron chi connectivity index (χ2n) is 4.08. The summed E-state index contributed by atoms with van der Waals surface area (Å²) in [7, 11) is 0. The van der Waals surface area contributed by atoms with Gasteiger partial charge in [-0.25, -0.2) is 0 Å². The van der Waals surface area contributed by atoms with E-state index in [1.54, 1.807) is 31.2 Å². The maximum atomic E-state index is 12.1. The first-order valence-corrected chi connectivity index (χ1v) is 6.29. The van der Waals surface area contributed by atoms with Crippen LogP contribution in [0.15, 0.2) is 36.4 Å². The molecule has 0 heterocycles. The number of phenols is 1. The Kier molecular flexibility index (Phi) is 3.98. The fourth-order valence-corrected chi connectivity index (χ4v) is 2.14. The van der Waals surface area contributed by atoms with Crippen LogP contribution in [0, 0.1) is 6.92 Å². The summed E-state index contributed by atoms with van der Waals surface area (Å²) in [5, 5.41) is 12.9. The Morgan fingerprint density at radius 2 is 1.89 bits per heavy atom. The number of hydrogen-bond acceptors (Lipinski definition) is 2. The maximum Gasteiger partial charge on any atom is 0.255 e. The fourth-order valence-electron chi connectivity index (χ4n) is 1.68. The largest absolute Gasteiger partial charge is 0.508 e. The van der Waals surface area contributed by atoms with Gasteiger partial charge in [-0.2, -0.15) is 0 Å². The van der Waals surface area contributed by atoms with Crippen molar-refractivity contribution in [1.29, 1.82) is 0 Å². The lowest BCUT2D eigenvalue weighted by atomic mass is 10.1. The number of carbonyl (C=O) groups excluding carboxylic acids is 1. The third-order valence-corrected chi connectivity index (χ3v) is 3.18. The van der Waals surface area contributed by atoms with Crippen LogP contribution in [-0.2, 0) is 0 Å². The molecule has 2 aromatic carbocycles. The molecule has 2 N–H and O–H groups in total. The number of aromatic hydroxyl groups is 1. The Hall–Kier alpha value is -1.71. The molecule has 3 nitrogen and oxygen atoms in total. The predicted octanol–water partition coefficient (Wildman–Crippen LogP) is 4.26. The van der Waals surface area contributed by atoms with Gasteiger partial charge >= 0.3 is 0 Å². The minimum Gasteiger partial charge on any atom is -0.508 e. The van der Waals surface area contributed by atoms with Crippen LogP contribution in [0.25, 0.3) is 0 Å². The molecule has 0 radical (unpaired) electrons. The van der Waals surface area contributed by atoms with Crippen LogP contribution in [0.5, 0.6) is 5.75 Å². The quantitative estimate of drug-likeness (QED) is 0.870. The van der Waals surface area contributed by atoms with Gasteiger partial charge in [-0.3, -0.25) is 4.79 Å². The fraction of sp³-hybridized carbons (Fsp3) is 0.0714. The minimum atomic E-state index is -0.290. The van der Waals surface area contributed by atoms with E-state index in [0.29, 0.717) is 26.9 Å². The van der Waals surface area contributed by atoms with Crippen molar-refractivity contribution >= 4 is 34.8 Å². The number of anilines is 1. The number of amides is 1. The Bertz CT molecular complexity index is 641. The van der Waals surface area contributed by atoms with E-state index in [4.69, 9.17) is 23.2 Å². The van der Waals surface area contributed by atoms with Gasteiger partial charge in [0.05, 0.1) is 10.7 Å². The van der Waals surface area contributed by atoms with E-state index >= 15 is 0 Å². The summed E-state index contributed by atoms with van der Waals surface area (Å²) in [6, 6.07) is 9.39. The first kappa shape index (κ1) is 13.7. The molecule has 2 rings (SSSR count). The van der Waals surface area contributed by atoms with E-state index in [0.717, 1.165) is 0 Å².